The minimum Gasteiger partial charge on any atom is -0.326 e. The highest BCUT2D eigenvalue weighted by Gasteiger charge is 2.14. The molecule has 0 bridgehead atoms. The van der Waals surface area contributed by atoms with Crippen molar-refractivity contribution < 1.29 is 13.2 Å². The molecule has 128 valence electrons. The molecule has 0 spiro atoms. The molecule has 0 unspecified atom stereocenters. The number of benzene rings is 2. The smallest absolute Gasteiger partial charge is 0.240 e. The van der Waals surface area contributed by atoms with E-state index in [0.717, 1.165) is 16.8 Å². The highest BCUT2D eigenvalue weighted by Crippen LogP contribution is 2.17. The second kappa shape index (κ2) is 7.92. The van der Waals surface area contributed by atoms with Gasteiger partial charge in [0.1, 0.15) is 0 Å². The molecule has 0 saturated heterocycles. The van der Waals surface area contributed by atoms with Crippen molar-refractivity contribution in [3.63, 3.8) is 0 Å². The zero-order valence-electron chi connectivity index (χ0n) is 13.5. The Hall–Kier alpha value is -1.70. The topological polar surface area (TPSA) is 75.3 Å². The van der Waals surface area contributed by atoms with E-state index < -0.39 is 10.0 Å². The number of aryl methyl sites for hydroxylation is 2. The van der Waals surface area contributed by atoms with Crippen LogP contribution in [-0.4, -0.2) is 20.9 Å². The SMILES string of the molecule is Cc1ccc(NC(=O)CCNS(=O)(=O)c2cccc(Br)c2)c(C)c1. The van der Waals surface area contributed by atoms with Crippen molar-refractivity contribution in [1.29, 1.82) is 0 Å². The molecule has 2 aromatic rings. The molecule has 0 saturated carbocycles. The first-order valence-electron chi connectivity index (χ1n) is 7.40. The summed E-state index contributed by atoms with van der Waals surface area (Å²) < 4.78 is 27.4. The first-order valence-corrected chi connectivity index (χ1v) is 9.68. The van der Waals surface area contributed by atoms with E-state index in [1.165, 1.54) is 12.1 Å². The van der Waals surface area contributed by atoms with Crippen molar-refractivity contribution in [2.75, 3.05) is 11.9 Å². The molecule has 2 N–H and O–H groups in total. The van der Waals surface area contributed by atoms with Crippen molar-refractivity contribution in [3.8, 4) is 0 Å². The van der Waals surface area contributed by atoms with Crippen LogP contribution in [0.4, 0.5) is 5.69 Å². The molecule has 2 aromatic carbocycles. The van der Waals surface area contributed by atoms with Crippen LogP contribution in [-0.2, 0) is 14.8 Å². The lowest BCUT2D eigenvalue weighted by atomic mass is 10.1. The number of carbonyl (C=O) groups is 1. The van der Waals surface area contributed by atoms with Crippen LogP contribution in [0.1, 0.15) is 17.5 Å². The van der Waals surface area contributed by atoms with Gasteiger partial charge in [-0.25, -0.2) is 13.1 Å². The minimum absolute atomic E-state index is 0.0333. The summed E-state index contributed by atoms with van der Waals surface area (Å²) in [6, 6.07) is 12.1. The predicted octanol–water partition coefficient (Wildman–Crippen LogP) is 3.37. The molecule has 0 radical (unpaired) electrons. The first-order chi connectivity index (χ1) is 11.3. The van der Waals surface area contributed by atoms with Crippen molar-refractivity contribution in [1.82, 2.24) is 4.72 Å². The first kappa shape index (κ1) is 18.6. The lowest BCUT2D eigenvalue weighted by Gasteiger charge is -2.10. The monoisotopic (exact) mass is 410 g/mol. The van der Waals surface area contributed by atoms with Crippen LogP contribution >= 0.6 is 15.9 Å². The molecule has 0 aliphatic carbocycles. The Labute approximate surface area is 150 Å². The van der Waals surface area contributed by atoms with Crippen LogP contribution in [0.15, 0.2) is 51.8 Å². The third kappa shape index (κ3) is 5.15. The fourth-order valence-electron chi connectivity index (χ4n) is 2.18. The molecule has 0 atom stereocenters. The molecule has 0 aliphatic rings. The molecule has 0 aliphatic heterocycles. The minimum atomic E-state index is -3.63. The van der Waals surface area contributed by atoms with Gasteiger partial charge in [-0.3, -0.25) is 4.79 Å². The van der Waals surface area contributed by atoms with Gasteiger partial charge >= 0.3 is 0 Å². The molecule has 7 heteroatoms. The summed E-state index contributed by atoms with van der Waals surface area (Å²) >= 11 is 3.24. The second-order valence-electron chi connectivity index (χ2n) is 5.47. The fraction of sp³-hybridized carbons (Fsp3) is 0.235. The zero-order chi connectivity index (χ0) is 17.7. The summed E-state index contributed by atoms with van der Waals surface area (Å²) in [6.45, 7) is 3.93. The standard InChI is InChI=1S/C17H19BrN2O3S/c1-12-6-7-16(13(2)10-12)20-17(21)8-9-19-24(22,23)15-5-3-4-14(18)11-15/h3-7,10-11,19H,8-9H2,1-2H3,(H,20,21). The van der Waals surface area contributed by atoms with Crippen molar-refractivity contribution in [3.05, 3.63) is 58.1 Å². The molecular weight excluding hydrogens is 392 g/mol. The maximum Gasteiger partial charge on any atom is 0.240 e. The predicted molar refractivity (Wildman–Crippen MR) is 98.5 cm³/mol. The van der Waals surface area contributed by atoms with Gasteiger partial charge in [0.25, 0.3) is 0 Å². The molecule has 5 nitrogen and oxygen atoms in total. The number of amides is 1. The molecule has 0 aromatic heterocycles. The number of hydrogen-bond donors (Lipinski definition) is 2. The average molecular weight is 411 g/mol. The van der Waals surface area contributed by atoms with E-state index in [2.05, 4.69) is 26.0 Å². The Kier molecular flexibility index (Phi) is 6.15. The number of hydrogen-bond acceptors (Lipinski definition) is 3. The van der Waals surface area contributed by atoms with Crippen LogP contribution in [0.5, 0.6) is 0 Å². The Bertz CT molecular complexity index is 851. The van der Waals surface area contributed by atoms with Crippen molar-refractivity contribution in [2.24, 2.45) is 0 Å². The van der Waals surface area contributed by atoms with Gasteiger partial charge in [-0.05, 0) is 43.7 Å². The van der Waals surface area contributed by atoms with E-state index >= 15 is 0 Å². The summed E-state index contributed by atoms with van der Waals surface area (Å²) in [4.78, 5) is 12.1. The summed E-state index contributed by atoms with van der Waals surface area (Å²) in [5.41, 5.74) is 2.82. The number of anilines is 1. The van der Waals surface area contributed by atoms with Gasteiger partial charge < -0.3 is 5.32 Å². The number of sulfonamides is 1. The van der Waals surface area contributed by atoms with Gasteiger partial charge in [0.15, 0.2) is 0 Å². The number of rotatable bonds is 6. The largest absolute Gasteiger partial charge is 0.326 e. The van der Waals surface area contributed by atoms with Gasteiger partial charge in [0.2, 0.25) is 15.9 Å². The Balaban J connectivity index is 1.90. The summed E-state index contributed by atoms with van der Waals surface area (Å²) in [7, 11) is -3.63. The normalized spacial score (nSPS) is 11.3. The Morgan fingerprint density at radius 3 is 2.54 bits per heavy atom. The van der Waals surface area contributed by atoms with Crippen LogP contribution in [0.25, 0.3) is 0 Å². The van der Waals surface area contributed by atoms with Crippen LogP contribution in [0, 0.1) is 13.8 Å². The van der Waals surface area contributed by atoms with Crippen LogP contribution in [0.3, 0.4) is 0 Å². The fourth-order valence-corrected chi connectivity index (χ4v) is 3.81. The molecule has 24 heavy (non-hydrogen) atoms. The molecule has 0 fully saturated rings. The van der Waals surface area contributed by atoms with E-state index in [1.807, 2.05) is 32.0 Å². The third-order valence-electron chi connectivity index (χ3n) is 3.41. The van der Waals surface area contributed by atoms with Crippen LogP contribution in [0.2, 0.25) is 0 Å². The molecule has 1 amide bonds. The molecule has 2 rings (SSSR count). The number of halogens is 1. The number of nitrogens with one attached hydrogen (secondary N) is 2. The van der Waals surface area contributed by atoms with E-state index in [4.69, 9.17) is 0 Å². The van der Waals surface area contributed by atoms with Gasteiger partial charge in [0.05, 0.1) is 4.90 Å². The number of carbonyl (C=O) groups excluding carboxylic acids is 1. The van der Waals surface area contributed by atoms with E-state index in [-0.39, 0.29) is 23.8 Å². The van der Waals surface area contributed by atoms with Crippen molar-refractivity contribution >= 4 is 37.5 Å². The molecule has 0 heterocycles. The Morgan fingerprint density at radius 1 is 1.12 bits per heavy atom. The quantitative estimate of drug-likeness (QED) is 0.766. The van der Waals surface area contributed by atoms with Crippen LogP contribution < -0.4 is 10.0 Å². The summed E-state index contributed by atoms with van der Waals surface area (Å²) in [6.07, 6.45) is 0.0561. The van der Waals surface area contributed by atoms with Gasteiger partial charge in [-0.15, -0.1) is 0 Å². The second-order valence-corrected chi connectivity index (χ2v) is 8.15. The van der Waals surface area contributed by atoms with Gasteiger partial charge in [-0.1, -0.05) is 39.7 Å². The van der Waals surface area contributed by atoms with E-state index in [9.17, 15) is 13.2 Å². The van der Waals surface area contributed by atoms with Gasteiger partial charge in [-0.2, -0.15) is 0 Å². The lowest BCUT2D eigenvalue weighted by Crippen LogP contribution is -2.28. The summed E-state index contributed by atoms with van der Waals surface area (Å²) in [5.74, 6) is -0.237. The lowest BCUT2D eigenvalue weighted by molar-refractivity contribution is -0.116. The highest BCUT2D eigenvalue weighted by atomic mass is 79.9. The van der Waals surface area contributed by atoms with E-state index in [1.54, 1.807) is 12.1 Å². The maximum absolute atomic E-state index is 12.2. The third-order valence-corrected chi connectivity index (χ3v) is 5.36. The maximum atomic E-state index is 12.2. The molecular formula is C17H19BrN2O3S. The van der Waals surface area contributed by atoms with Crippen molar-refractivity contribution in [2.45, 2.75) is 25.2 Å². The summed E-state index contributed by atoms with van der Waals surface area (Å²) in [5, 5.41) is 2.79. The zero-order valence-corrected chi connectivity index (χ0v) is 15.9. The average Bonchev–Trinajstić information content (AvgIpc) is 2.50. The highest BCUT2D eigenvalue weighted by molar-refractivity contribution is 9.10. The Morgan fingerprint density at radius 2 is 1.88 bits per heavy atom. The van der Waals surface area contributed by atoms with Gasteiger partial charge in [0, 0.05) is 23.1 Å². The van der Waals surface area contributed by atoms with E-state index in [0.29, 0.717) is 4.47 Å².